The molecule has 0 bridgehead atoms. The van der Waals surface area contributed by atoms with Gasteiger partial charge in [0.25, 0.3) is 0 Å². The van der Waals surface area contributed by atoms with Crippen LogP contribution in [0.5, 0.6) is 0 Å². The van der Waals surface area contributed by atoms with Gasteiger partial charge in [-0.3, -0.25) is 0 Å². The number of rotatable bonds is 8. The highest BCUT2D eigenvalue weighted by Gasteiger charge is 2.08. The molecule has 0 saturated heterocycles. The Labute approximate surface area is 108 Å². The fourth-order valence-electron chi connectivity index (χ4n) is 1.63. The topological polar surface area (TPSA) is 35.5 Å². The molecule has 0 aliphatic carbocycles. The number of benzene rings is 1. The minimum absolute atomic E-state index is 0.112. The molecule has 0 aromatic heterocycles. The fraction of sp³-hybridized carbons (Fsp3) is 0.400. The van der Waals surface area contributed by atoms with Crippen LogP contribution in [0.2, 0.25) is 0 Å². The number of carbonyl (C=O) groups is 1. The number of hydrogen-bond acceptors (Lipinski definition) is 3. The molecular weight excluding hydrogens is 228 g/mol. The first kappa shape index (κ1) is 14.5. The van der Waals surface area contributed by atoms with Crippen LogP contribution < -0.4 is 0 Å². The third-order valence-electron chi connectivity index (χ3n) is 2.56. The molecule has 0 saturated carbocycles. The average Bonchev–Trinajstić information content (AvgIpc) is 2.43. The van der Waals surface area contributed by atoms with Crippen LogP contribution in [0.1, 0.15) is 31.4 Å². The van der Waals surface area contributed by atoms with Gasteiger partial charge in [0.2, 0.25) is 0 Å². The minimum atomic E-state index is -0.384. The molecule has 0 amide bonds. The Bertz CT molecular complexity index is 359. The lowest BCUT2D eigenvalue weighted by atomic mass is 10.1. The summed E-state index contributed by atoms with van der Waals surface area (Å²) in [6, 6.07) is 10.1. The first-order chi connectivity index (χ1) is 8.77. The van der Waals surface area contributed by atoms with Crippen LogP contribution in [-0.4, -0.2) is 19.2 Å². The molecular formula is C15H20O3. The Morgan fingerprint density at radius 1 is 1.33 bits per heavy atom. The molecule has 0 fully saturated rings. The lowest BCUT2D eigenvalue weighted by molar-refractivity contribution is -0.138. The zero-order chi connectivity index (χ0) is 13.2. The van der Waals surface area contributed by atoms with Crippen LogP contribution in [0.15, 0.2) is 43.0 Å². The molecule has 3 heteroatoms. The van der Waals surface area contributed by atoms with Gasteiger partial charge in [0.15, 0.2) is 0 Å². The van der Waals surface area contributed by atoms with E-state index in [2.05, 4.69) is 25.6 Å². The maximum absolute atomic E-state index is 10.8. The van der Waals surface area contributed by atoms with E-state index < -0.39 is 0 Å². The van der Waals surface area contributed by atoms with Gasteiger partial charge in [-0.25, -0.2) is 4.79 Å². The second-order valence-electron chi connectivity index (χ2n) is 3.90. The number of hydrogen-bond donors (Lipinski definition) is 0. The number of ether oxygens (including phenoxy) is 2. The van der Waals surface area contributed by atoms with E-state index in [1.807, 2.05) is 18.2 Å². The average molecular weight is 248 g/mol. The van der Waals surface area contributed by atoms with Gasteiger partial charge in [0, 0.05) is 12.5 Å². The van der Waals surface area contributed by atoms with Crippen molar-refractivity contribution in [2.75, 3.05) is 13.2 Å². The van der Waals surface area contributed by atoms with Gasteiger partial charge in [0.1, 0.15) is 0 Å². The van der Waals surface area contributed by atoms with Gasteiger partial charge in [-0.05, 0) is 12.0 Å². The summed E-state index contributed by atoms with van der Waals surface area (Å²) in [5, 5.41) is 0. The van der Waals surface area contributed by atoms with Crippen molar-refractivity contribution in [2.45, 2.75) is 25.9 Å². The molecule has 1 aromatic carbocycles. The van der Waals surface area contributed by atoms with Crippen molar-refractivity contribution < 1.29 is 14.3 Å². The summed E-state index contributed by atoms with van der Waals surface area (Å²) in [4.78, 5) is 10.8. The Morgan fingerprint density at radius 3 is 2.67 bits per heavy atom. The van der Waals surface area contributed by atoms with Crippen LogP contribution in [0.3, 0.4) is 0 Å². The van der Waals surface area contributed by atoms with E-state index in [1.165, 1.54) is 11.6 Å². The predicted molar refractivity (Wildman–Crippen MR) is 71.2 cm³/mol. The molecule has 1 aromatic rings. The summed E-state index contributed by atoms with van der Waals surface area (Å²) < 4.78 is 10.7. The summed E-state index contributed by atoms with van der Waals surface area (Å²) in [6.45, 7) is 6.38. The Morgan fingerprint density at radius 2 is 2.06 bits per heavy atom. The molecule has 1 rings (SSSR count). The number of carbonyl (C=O) groups excluding carboxylic acids is 1. The lowest BCUT2D eigenvalue weighted by Crippen LogP contribution is -2.08. The highest BCUT2D eigenvalue weighted by Crippen LogP contribution is 2.20. The molecule has 3 nitrogen and oxygen atoms in total. The van der Waals surface area contributed by atoms with E-state index in [1.54, 1.807) is 0 Å². The summed E-state index contributed by atoms with van der Waals surface area (Å²) in [7, 11) is 0. The van der Waals surface area contributed by atoms with Crippen molar-refractivity contribution in [1.82, 2.24) is 0 Å². The summed E-state index contributed by atoms with van der Waals surface area (Å²) in [5.74, 6) is -0.384. The van der Waals surface area contributed by atoms with E-state index in [0.717, 1.165) is 6.42 Å². The third-order valence-corrected chi connectivity index (χ3v) is 2.56. The Hall–Kier alpha value is -1.61. The summed E-state index contributed by atoms with van der Waals surface area (Å²) >= 11 is 0. The highest BCUT2D eigenvalue weighted by molar-refractivity contribution is 5.81. The molecule has 18 heavy (non-hydrogen) atoms. The maximum atomic E-state index is 10.8. The summed E-state index contributed by atoms with van der Waals surface area (Å²) in [6.07, 6.45) is 2.90. The Balaban J connectivity index is 2.24. The smallest absolute Gasteiger partial charge is 0.330 e. The highest BCUT2D eigenvalue weighted by atomic mass is 16.5. The molecule has 0 aliphatic heterocycles. The molecule has 1 atom stereocenters. The molecule has 0 aliphatic rings. The quantitative estimate of drug-likeness (QED) is 0.402. The van der Waals surface area contributed by atoms with Gasteiger partial charge < -0.3 is 9.47 Å². The lowest BCUT2D eigenvalue weighted by Gasteiger charge is -2.16. The molecule has 0 N–H and O–H groups in total. The zero-order valence-electron chi connectivity index (χ0n) is 10.8. The van der Waals surface area contributed by atoms with E-state index in [-0.39, 0.29) is 12.1 Å². The fourth-order valence-corrected chi connectivity index (χ4v) is 1.63. The van der Waals surface area contributed by atoms with Crippen molar-refractivity contribution in [3.8, 4) is 0 Å². The summed E-state index contributed by atoms with van der Waals surface area (Å²) in [5.41, 5.74) is 1.18. The van der Waals surface area contributed by atoms with Crippen molar-refractivity contribution in [1.29, 1.82) is 0 Å². The van der Waals surface area contributed by atoms with Gasteiger partial charge in [-0.1, -0.05) is 43.8 Å². The zero-order valence-corrected chi connectivity index (χ0v) is 10.8. The van der Waals surface area contributed by atoms with Crippen molar-refractivity contribution in [2.24, 2.45) is 0 Å². The predicted octanol–water partition coefficient (Wildman–Crippen LogP) is 3.27. The second kappa shape index (κ2) is 8.48. The van der Waals surface area contributed by atoms with Gasteiger partial charge >= 0.3 is 5.97 Å². The van der Waals surface area contributed by atoms with Gasteiger partial charge in [-0.2, -0.15) is 0 Å². The van der Waals surface area contributed by atoms with Crippen LogP contribution in [0.4, 0.5) is 0 Å². The van der Waals surface area contributed by atoms with Crippen LogP contribution >= 0.6 is 0 Å². The van der Waals surface area contributed by atoms with Crippen molar-refractivity contribution in [3.63, 3.8) is 0 Å². The van der Waals surface area contributed by atoms with E-state index in [0.29, 0.717) is 19.6 Å². The largest absolute Gasteiger partial charge is 0.462 e. The molecule has 0 spiro atoms. The Kier molecular flexibility index (Phi) is 6.81. The first-order valence-corrected chi connectivity index (χ1v) is 6.23. The van der Waals surface area contributed by atoms with Crippen molar-refractivity contribution in [3.05, 3.63) is 48.6 Å². The van der Waals surface area contributed by atoms with Gasteiger partial charge in [0.05, 0.1) is 19.3 Å². The third kappa shape index (κ3) is 5.15. The van der Waals surface area contributed by atoms with E-state index in [9.17, 15) is 4.79 Å². The van der Waals surface area contributed by atoms with E-state index >= 15 is 0 Å². The SMILES string of the molecule is C=CC(=O)OCCCOC(CC)c1ccccc1. The second-order valence-corrected chi connectivity index (χ2v) is 3.90. The first-order valence-electron chi connectivity index (χ1n) is 6.23. The van der Waals surface area contributed by atoms with Crippen LogP contribution in [-0.2, 0) is 14.3 Å². The minimum Gasteiger partial charge on any atom is -0.462 e. The molecule has 0 heterocycles. The van der Waals surface area contributed by atoms with E-state index in [4.69, 9.17) is 9.47 Å². The maximum Gasteiger partial charge on any atom is 0.330 e. The molecule has 0 radical (unpaired) electrons. The van der Waals surface area contributed by atoms with Gasteiger partial charge in [-0.15, -0.1) is 0 Å². The molecule has 98 valence electrons. The normalized spacial score (nSPS) is 11.8. The van der Waals surface area contributed by atoms with Crippen molar-refractivity contribution >= 4 is 5.97 Å². The number of esters is 1. The monoisotopic (exact) mass is 248 g/mol. The van der Waals surface area contributed by atoms with Crippen LogP contribution in [0, 0.1) is 0 Å². The van der Waals surface area contributed by atoms with Crippen LogP contribution in [0.25, 0.3) is 0 Å². The molecule has 1 unspecified atom stereocenters. The standard InChI is InChI=1S/C15H20O3/c1-3-14(13-9-6-5-7-10-13)17-11-8-12-18-15(16)4-2/h4-7,9-10,14H,2-3,8,11-12H2,1H3.